The van der Waals surface area contributed by atoms with Crippen molar-refractivity contribution in [2.45, 2.75) is 51.1 Å². The number of methoxy groups -OCH3 is 1. The highest BCUT2D eigenvalue weighted by Crippen LogP contribution is 2.31. The first-order chi connectivity index (χ1) is 13.4. The number of rotatable bonds is 6. The van der Waals surface area contributed by atoms with E-state index in [9.17, 15) is 19.8 Å². The van der Waals surface area contributed by atoms with Gasteiger partial charge in [-0.2, -0.15) is 0 Å². The van der Waals surface area contributed by atoms with Gasteiger partial charge >= 0.3 is 0 Å². The van der Waals surface area contributed by atoms with Gasteiger partial charge in [-0.15, -0.1) is 0 Å². The lowest BCUT2D eigenvalue weighted by atomic mass is 9.95. The number of benzene rings is 1. The summed E-state index contributed by atoms with van der Waals surface area (Å²) in [6, 6.07) is 8.34. The lowest BCUT2D eigenvalue weighted by Crippen LogP contribution is -2.65. The van der Waals surface area contributed by atoms with Crippen molar-refractivity contribution < 1.29 is 34.0 Å². The zero-order valence-corrected chi connectivity index (χ0v) is 16.1. The Hall–Kier alpha value is -2.10. The van der Waals surface area contributed by atoms with E-state index in [0.29, 0.717) is 17.8 Å². The SMILES string of the molecule is CO[C@H]1O[C@H](COCc2ccccc2)[C@@H](O)[C@@H](O)[C@H]1N1C(=O)C(C)=C(C)C1=O. The summed E-state index contributed by atoms with van der Waals surface area (Å²) in [4.78, 5) is 25.8. The van der Waals surface area contributed by atoms with E-state index in [1.165, 1.54) is 7.11 Å². The highest BCUT2D eigenvalue weighted by atomic mass is 16.7. The van der Waals surface area contributed by atoms with E-state index in [1.54, 1.807) is 13.8 Å². The number of nitrogens with zero attached hydrogens (tertiary/aromatic N) is 1. The van der Waals surface area contributed by atoms with Crippen LogP contribution in [0.3, 0.4) is 0 Å². The molecule has 1 aromatic rings. The molecule has 152 valence electrons. The molecule has 0 aromatic heterocycles. The highest BCUT2D eigenvalue weighted by molar-refractivity contribution is 6.19. The topological polar surface area (TPSA) is 106 Å². The van der Waals surface area contributed by atoms with Crippen LogP contribution in [0.1, 0.15) is 19.4 Å². The zero-order chi connectivity index (χ0) is 20.4. The van der Waals surface area contributed by atoms with Crippen LogP contribution in [0, 0.1) is 0 Å². The molecule has 0 bridgehead atoms. The second kappa shape index (κ2) is 8.50. The van der Waals surface area contributed by atoms with Crippen LogP contribution >= 0.6 is 0 Å². The maximum atomic E-state index is 12.5. The lowest BCUT2D eigenvalue weighted by molar-refractivity contribution is -0.278. The normalized spacial score (nSPS) is 31.0. The summed E-state index contributed by atoms with van der Waals surface area (Å²) < 4.78 is 16.6. The van der Waals surface area contributed by atoms with Crippen LogP contribution in [0.5, 0.6) is 0 Å². The van der Waals surface area contributed by atoms with Crippen LogP contribution in [-0.4, -0.2) is 71.3 Å². The number of aliphatic hydroxyl groups is 2. The van der Waals surface area contributed by atoms with E-state index in [2.05, 4.69) is 0 Å². The van der Waals surface area contributed by atoms with Crippen molar-refractivity contribution in [1.82, 2.24) is 4.90 Å². The van der Waals surface area contributed by atoms with Gasteiger partial charge in [0.2, 0.25) is 0 Å². The van der Waals surface area contributed by atoms with Crippen LogP contribution < -0.4 is 0 Å². The minimum atomic E-state index is -1.43. The molecule has 8 heteroatoms. The van der Waals surface area contributed by atoms with E-state index >= 15 is 0 Å². The van der Waals surface area contributed by atoms with Gasteiger partial charge in [0, 0.05) is 18.3 Å². The summed E-state index contributed by atoms with van der Waals surface area (Å²) >= 11 is 0. The third-order valence-corrected chi connectivity index (χ3v) is 5.23. The summed E-state index contributed by atoms with van der Waals surface area (Å²) in [6.07, 6.45) is -4.75. The molecule has 0 unspecified atom stereocenters. The first-order valence-corrected chi connectivity index (χ1v) is 9.08. The first-order valence-electron chi connectivity index (χ1n) is 9.08. The van der Waals surface area contributed by atoms with E-state index in [1.807, 2.05) is 30.3 Å². The van der Waals surface area contributed by atoms with Crippen molar-refractivity contribution >= 4 is 11.8 Å². The Morgan fingerprint density at radius 2 is 1.64 bits per heavy atom. The van der Waals surface area contributed by atoms with Crippen molar-refractivity contribution in [3.8, 4) is 0 Å². The second-order valence-electron chi connectivity index (χ2n) is 6.98. The monoisotopic (exact) mass is 391 g/mol. The smallest absolute Gasteiger partial charge is 0.257 e. The Morgan fingerprint density at radius 3 is 2.21 bits per heavy atom. The number of carbonyl (C=O) groups excluding carboxylic acids is 2. The molecule has 8 nitrogen and oxygen atoms in total. The fourth-order valence-corrected chi connectivity index (χ4v) is 3.44. The molecule has 2 N–H and O–H groups in total. The predicted molar refractivity (Wildman–Crippen MR) is 97.8 cm³/mol. The number of aliphatic hydroxyl groups excluding tert-OH is 2. The number of ether oxygens (including phenoxy) is 3. The number of hydrogen-bond donors (Lipinski definition) is 2. The Bertz CT molecular complexity index is 737. The molecular formula is C20H25NO7. The summed E-state index contributed by atoms with van der Waals surface area (Å²) in [5.41, 5.74) is 1.56. The minimum Gasteiger partial charge on any atom is -0.388 e. The van der Waals surface area contributed by atoms with Gasteiger partial charge in [-0.25, -0.2) is 0 Å². The molecule has 1 aromatic carbocycles. The minimum absolute atomic E-state index is 0.0118. The summed E-state index contributed by atoms with van der Waals surface area (Å²) in [7, 11) is 1.35. The molecule has 0 radical (unpaired) electrons. The molecular weight excluding hydrogens is 366 g/mol. The number of carbonyl (C=O) groups is 2. The van der Waals surface area contributed by atoms with Gasteiger partial charge in [-0.1, -0.05) is 30.3 Å². The van der Waals surface area contributed by atoms with E-state index < -0.39 is 42.5 Å². The van der Waals surface area contributed by atoms with Crippen LogP contribution in [0.25, 0.3) is 0 Å². The summed E-state index contributed by atoms with van der Waals surface area (Å²) in [6.45, 7) is 3.42. The average molecular weight is 391 g/mol. The van der Waals surface area contributed by atoms with Crippen molar-refractivity contribution in [2.75, 3.05) is 13.7 Å². The zero-order valence-electron chi connectivity index (χ0n) is 16.1. The van der Waals surface area contributed by atoms with Gasteiger partial charge in [-0.3, -0.25) is 14.5 Å². The van der Waals surface area contributed by atoms with Gasteiger partial charge in [0.1, 0.15) is 24.4 Å². The number of hydrogen-bond acceptors (Lipinski definition) is 7. The van der Waals surface area contributed by atoms with Crippen LogP contribution in [0.15, 0.2) is 41.5 Å². The van der Waals surface area contributed by atoms with Crippen LogP contribution in [0.2, 0.25) is 0 Å². The fourth-order valence-electron chi connectivity index (χ4n) is 3.44. The third-order valence-electron chi connectivity index (χ3n) is 5.23. The van der Waals surface area contributed by atoms with Gasteiger partial charge < -0.3 is 24.4 Å². The maximum Gasteiger partial charge on any atom is 0.257 e. The Morgan fingerprint density at radius 1 is 1.04 bits per heavy atom. The average Bonchev–Trinajstić information content (AvgIpc) is 2.89. The van der Waals surface area contributed by atoms with Gasteiger partial charge in [-0.05, 0) is 19.4 Å². The molecule has 2 aliphatic heterocycles. The molecule has 1 saturated heterocycles. The molecule has 0 spiro atoms. The van der Waals surface area contributed by atoms with E-state index in [4.69, 9.17) is 14.2 Å². The quantitative estimate of drug-likeness (QED) is 0.675. The first kappa shape index (κ1) is 20.6. The second-order valence-corrected chi connectivity index (χ2v) is 6.98. The molecule has 0 saturated carbocycles. The molecule has 2 amide bonds. The Labute approximate surface area is 163 Å². The van der Waals surface area contributed by atoms with E-state index in [0.717, 1.165) is 10.5 Å². The van der Waals surface area contributed by atoms with E-state index in [-0.39, 0.29) is 6.61 Å². The van der Waals surface area contributed by atoms with Crippen LogP contribution in [-0.2, 0) is 30.4 Å². The fraction of sp³-hybridized carbons (Fsp3) is 0.500. The molecule has 5 atom stereocenters. The van der Waals surface area contributed by atoms with Gasteiger partial charge in [0.15, 0.2) is 6.29 Å². The van der Waals surface area contributed by atoms with Crippen molar-refractivity contribution in [2.24, 2.45) is 0 Å². The number of imide groups is 1. The summed E-state index contributed by atoms with van der Waals surface area (Å²) in [5.74, 6) is -1.05. The largest absolute Gasteiger partial charge is 0.388 e. The predicted octanol–water partition coefficient (Wildman–Crippen LogP) is 0.370. The molecule has 2 heterocycles. The van der Waals surface area contributed by atoms with Crippen LogP contribution in [0.4, 0.5) is 0 Å². The Balaban J connectivity index is 1.69. The Kier molecular flexibility index (Phi) is 6.26. The third kappa shape index (κ3) is 3.74. The standard InChI is InChI=1S/C20H25NO7/c1-11-12(2)19(25)21(18(11)24)15-17(23)16(22)14(28-20(15)26-3)10-27-9-13-7-5-4-6-8-13/h4-8,14-17,20,22-23H,9-10H2,1-3H3/t14-,15-,16-,17+,20+/m1/s1. The molecule has 0 aliphatic carbocycles. The molecule has 1 fully saturated rings. The highest BCUT2D eigenvalue weighted by Gasteiger charge is 2.52. The van der Waals surface area contributed by atoms with Gasteiger partial charge in [0.25, 0.3) is 11.8 Å². The van der Waals surface area contributed by atoms with Crippen molar-refractivity contribution in [3.05, 3.63) is 47.0 Å². The van der Waals surface area contributed by atoms with Crippen molar-refractivity contribution in [1.29, 1.82) is 0 Å². The molecule has 3 rings (SSSR count). The number of amides is 2. The summed E-state index contributed by atoms with van der Waals surface area (Å²) in [5, 5.41) is 21.2. The lowest BCUT2D eigenvalue weighted by Gasteiger charge is -2.44. The molecule has 28 heavy (non-hydrogen) atoms. The van der Waals surface area contributed by atoms with Gasteiger partial charge in [0.05, 0.1) is 13.2 Å². The maximum absolute atomic E-state index is 12.5. The molecule has 2 aliphatic rings. The van der Waals surface area contributed by atoms with Crippen molar-refractivity contribution in [3.63, 3.8) is 0 Å².